The molecule has 2 aromatic heterocycles. The summed E-state index contributed by atoms with van der Waals surface area (Å²) in [4.78, 5) is 8.61. The molecule has 0 spiro atoms. The van der Waals surface area contributed by atoms with Crippen molar-refractivity contribution >= 4 is 22.8 Å². The molecule has 3 nitrogen and oxygen atoms in total. The maximum atomic E-state index is 14.0. The molecule has 1 aromatic carbocycles. The number of aryl methyl sites for hydroxylation is 1. The number of benzene rings is 1. The Kier molecular flexibility index (Phi) is 3.14. The van der Waals surface area contributed by atoms with Gasteiger partial charge in [-0.2, -0.15) is 0 Å². The molecule has 0 aliphatic carbocycles. The topological polar surface area (TPSA) is 30.7 Å². The number of halogens is 3. The highest BCUT2D eigenvalue weighted by Crippen LogP contribution is 2.25. The van der Waals surface area contributed by atoms with Gasteiger partial charge in [-0.1, -0.05) is 0 Å². The second-order valence-electron chi connectivity index (χ2n) is 4.39. The summed E-state index contributed by atoms with van der Waals surface area (Å²) in [6, 6.07) is 5.19. The summed E-state index contributed by atoms with van der Waals surface area (Å²) in [5.74, 6) is -0.743. The van der Waals surface area contributed by atoms with Crippen LogP contribution in [0.4, 0.5) is 8.78 Å². The highest BCUT2D eigenvalue weighted by molar-refractivity contribution is 6.17. The predicted octanol–water partition coefficient (Wildman–Crippen LogP) is 3.75. The van der Waals surface area contributed by atoms with Gasteiger partial charge in [-0.25, -0.2) is 18.7 Å². The van der Waals surface area contributed by atoms with E-state index < -0.39 is 11.6 Å². The normalized spacial score (nSPS) is 11.2. The van der Waals surface area contributed by atoms with Crippen LogP contribution in [0.25, 0.3) is 16.9 Å². The van der Waals surface area contributed by atoms with Gasteiger partial charge in [0.05, 0.1) is 11.6 Å². The quantitative estimate of drug-likeness (QED) is 0.674. The van der Waals surface area contributed by atoms with Crippen molar-refractivity contribution in [1.29, 1.82) is 0 Å². The van der Waals surface area contributed by atoms with Gasteiger partial charge in [-0.15, -0.1) is 11.6 Å². The number of hydrogen-bond acceptors (Lipinski definition) is 2. The summed E-state index contributed by atoms with van der Waals surface area (Å²) in [6.45, 7) is 1.89. The first kappa shape index (κ1) is 13.0. The van der Waals surface area contributed by atoms with E-state index in [1.54, 1.807) is 6.20 Å². The van der Waals surface area contributed by atoms with Crippen LogP contribution in [0.1, 0.15) is 11.4 Å². The van der Waals surface area contributed by atoms with E-state index >= 15 is 0 Å². The van der Waals surface area contributed by atoms with Crippen LogP contribution in [0.5, 0.6) is 0 Å². The van der Waals surface area contributed by atoms with Gasteiger partial charge in [0.2, 0.25) is 0 Å². The Morgan fingerprint density at radius 1 is 1.25 bits per heavy atom. The van der Waals surface area contributed by atoms with Crippen molar-refractivity contribution < 1.29 is 8.78 Å². The van der Waals surface area contributed by atoms with Crippen molar-refractivity contribution in [3.8, 4) is 5.69 Å². The third-order valence-electron chi connectivity index (χ3n) is 3.09. The van der Waals surface area contributed by atoms with Crippen LogP contribution < -0.4 is 0 Å². The van der Waals surface area contributed by atoms with E-state index in [0.29, 0.717) is 17.0 Å². The fraction of sp³-hybridized carbons (Fsp3) is 0.143. The van der Waals surface area contributed by atoms with Crippen molar-refractivity contribution in [2.24, 2.45) is 0 Å². The molecule has 3 rings (SSSR count). The Bertz CT molecular complexity index is 798. The van der Waals surface area contributed by atoms with Gasteiger partial charge in [0, 0.05) is 12.3 Å². The molecule has 6 heteroatoms. The number of imidazole rings is 1. The van der Waals surface area contributed by atoms with Gasteiger partial charge in [-0.05, 0) is 30.7 Å². The second-order valence-corrected chi connectivity index (χ2v) is 4.66. The lowest BCUT2D eigenvalue weighted by Gasteiger charge is -2.08. The zero-order valence-electron chi connectivity index (χ0n) is 10.6. The summed E-state index contributed by atoms with van der Waals surface area (Å²) in [6.07, 6.45) is 1.62. The number of nitrogens with zero attached hydrogens (tertiary/aromatic N) is 3. The lowest BCUT2D eigenvalue weighted by atomic mass is 10.2. The van der Waals surface area contributed by atoms with Crippen LogP contribution in [0.2, 0.25) is 0 Å². The molecule has 0 fully saturated rings. The number of hydrogen-bond donors (Lipinski definition) is 0. The van der Waals surface area contributed by atoms with Crippen molar-refractivity contribution in [2.45, 2.75) is 12.8 Å². The van der Waals surface area contributed by atoms with Gasteiger partial charge in [0.1, 0.15) is 23.0 Å². The number of aromatic nitrogens is 3. The third kappa shape index (κ3) is 1.94. The van der Waals surface area contributed by atoms with Crippen molar-refractivity contribution in [2.75, 3.05) is 0 Å². The van der Waals surface area contributed by atoms with E-state index in [2.05, 4.69) is 9.97 Å². The minimum Gasteiger partial charge on any atom is -0.277 e. The largest absolute Gasteiger partial charge is 0.277 e. The highest BCUT2D eigenvalue weighted by atomic mass is 35.5. The van der Waals surface area contributed by atoms with Gasteiger partial charge >= 0.3 is 0 Å². The molecule has 0 saturated carbocycles. The Morgan fingerprint density at radius 3 is 2.75 bits per heavy atom. The molecule has 0 saturated heterocycles. The SMILES string of the molecule is Cc1ccnc2c1nc(CCl)n2-c1ccc(F)cc1F. The van der Waals surface area contributed by atoms with E-state index in [1.807, 2.05) is 13.0 Å². The number of rotatable bonds is 2. The molecule has 2 heterocycles. The van der Waals surface area contributed by atoms with E-state index in [0.717, 1.165) is 11.6 Å². The molecule has 0 aliphatic rings. The number of alkyl halides is 1. The van der Waals surface area contributed by atoms with E-state index in [4.69, 9.17) is 11.6 Å². The molecule has 0 bridgehead atoms. The molecule has 0 N–H and O–H groups in total. The van der Waals surface area contributed by atoms with Crippen LogP contribution in [0.3, 0.4) is 0 Å². The highest BCUT2D eigenvalue weighted by Gasteiger charge is 2.17. The van der Waals surface area contributed by atoms with Crippen LogP contribution in [-0.4, -0.2) is 14.5 Å². The first-order chi connectivity index (χ1) is 9.61. The Labute approximate surface area is 118 Å². The summed E-state index contributed by atoms with van der Waals surface area (Å²) in [5, 5.41) is 0. The maximum Gasteiger partial charge on any atom is 0.165 e. The van der Waals surface area contributed by atoms with Crippen LogP contribution >= 0.6 is 11.6 Å². The lowest BCUT2D eigenvalue weighted by molar-refractivity contribution is 0.577. The average molecular weight is 294 g/mol. The molecular weight excluding hydrogens is 284 g/mol. The molecule has 3 aromatic rings. The first-order valence-corrected chi connectivity index (χ1v) is 6.49. The molecule has 0 amide bonds. The summed E-state index contributed by atoms with van der Waals surface area (Å²) in [7, 11) is 0. The van der Waals surface area contributed by atoms with E-state index in [1.165, 1.54) is 16.7 Å². The van der Waals surface area contributed by atoms with Crippen molar-refractivity contribution in [1.82, 2.24) is 14.5 Å². The van der Waals surface area contributed by atoms with Gasteiger partial charge < -0.3 is 0 Å². The molecular formula is C14H10ClF2N3. The monoisotopic (exact) mass is 293 g/mol. The standard InChI is InChI=1S/C14H10ClF2N3/c1-8-4-5-18-14-13(8)19-12(7-15)20(14)11-3-2-9(16)6-10(11)17/h2-6H,7H2,1H3. The van der Waals surface area contributed by atoms with Crippen molar-refractivity contribution in [3.05, 3.63) is 53.5 Å². The van der Waals surface area contributed by atoms with E-state index in [9.17, 15) is 8.78 Å². The number of fused-ring (bicyclic) bond motifs is 1. The lowest BCUT2D eigenvalue weighted by Crippen LogP contribution is -2.03. The summed E-state index contributed by atoms with van der Waals surface area (Å²) in [5.41, 5.74) is 2.27. The second kappa shape index (κ2) is 4.83. The van der Waals surface area contributed by atoms with Crippen molar-refractivity contribution in [3.63, 3.8) is 0 Å². The Hall–Kier alpha value is -2.01. The maximum absolute atomic E-state index is 14.0. The van der Waals surface area contributed by atoms with Crippen LogP contribution in [-0.2, 0) is 5.88 Å². The zero-order chi connectivity index (χ0) is 14.3. The minimum absolute atomic E-state index is 0.104. The van der Waals surface area contributed by atoms with E-state index in [-0.39, 0.29) is 11.6 Å². The number of pyridine rings is 1. The Morgan fingerprint density at radius 2 is 2.05 bits per heavy atom. The fourth-order valence-corrected chi connectivity index (χ4v) is 2.32. The smallest absolute Gasteiger partial charge is 0.165 e. The minimum atomic E-state index is -0.682. The molecule has 0 unspecified atom stereocenters. The molecule has 0 aliphatic heterocycles. The zero-order valence-corrected chi connectivity index (χ0v) is 11.3. The molecule has 0 radical (unpaired) electrons. The fourth-order valence-electron chi connectivity index (χ4n) is 2.14. The third-order valence-corrected chi connectivity index (χ3v) is 3.33. The van der Waals surface area contributed by atoms with Gasteiger partial charge in [-0.3, -0.25) is 4.57 Å². The molecule has 102 valence electrons. The molecule has 0 atom stereocenters. The summed E-state index contributed by atoms with van der Waals surface area (Å²) < 4.78 is 28.6. The van der Waals surface area contributed by atoms with Gasteiger partial charge in [0.25, 0.3) is 0 Å². The summed E-state index contributed by atoms with van der Waals surface area (Å²) >= 11 is 5.88. The van der Waals surface area contributed by atoms with Gasteiger partial charge in [0.15, 0.2) is 5.65 Å². The van der Waals surface area contributed by atoms with Crippen LogP contribution in [0.15, 0.2) is 30.5 Å². The Balaban J connectivity index is 2.37. The van der Waals surface area contributed by atoms with Crippen LogP contribution in [0, 0.1) is 18.6 Å². The average Bonchev–Trinajstić information content (AvgIpc) is 2.79. The first-order valence-electron chi connectivity index (χ1n) is 5.96. The molecule has 20 heavy (non-hydrogen) atoms. The predicted molar refractivity (Wildman–Crippen MR) is 73.1 cm³/mol.